The topological polar surface area (TPSA) is 84.8 Å². The average Bonchev–Trinajstić information content (AvgIpc) is 2.97. The number of carbonyl (C=O) groups excluding carboxylic acids is 1. The van der Waals surface area contributed by atoms with Crippen molar-refractivity contribution in [2.75, 3.05) is 71.0 Å². The fourth-order valence-electron chi connectivity index (χ4n) is 4.42. The molecule has 3 aromatic rings. The molecule has 40 heavy (non-hydrogen) atoms. The number of benzene rings is 2. The van der Waals surface area contributed by atoms with E-state index >= 15 is 0 Å². The van der Waals surface area contributed by atoms with Crippen molar-refractivity contribution >= 4 is 29.3 Å². The van der Waals surface area contributed by atoms with Gasteiger partial charge in [-0.05, 0) is 81.5 Å². The molecule has 1 fully saturated rings. The lowest BCUT2D eigenvalue weighted by molar-refractivity contribution is 0.0634. The Bertz CT molecular complexity index is 1230. The van der Waals surface area contributed by atoms with Gasteiger partial charge in [0.2, 0.25) is 5.95 Å². The second-order valence-electron chi connectivity index (χ2n) is 11.4. The molecule has 9 heteroatoms. The van der Waals surface area contributed by atoms with Crippen LogP contribution in [-0.4, -0.2) is 101 Å². The molecule has 0 aliphatic carbocycles. The van der Waals surface area contributed by atoms with Crippen LogP contribution in [0.1, 0.15) is 30.6 Å². The van der Waals surface area contributed by atoms with Gasteiger partial charge in [-0.1, -0.05) is 26.0 Å². The van der Waals surface area contributed by atoms with E-state index in [4.69, 9.17) is 4.98 Å². The third kappa shape index (κ3) is 8.76. The number of nitrogens with one attached hydrogen (secondary N) is 1. The summed E-state index contributed by atoms with van der Waals surface area (Å²) in [5.41, 5.74) is 3.26. The second kappa shape index (κ2) is 14.1. The zero-order chi connectivity index (χ0) is 28.5. The summed E-state index contributed by atoms with van der Waals surface area (Å²) in [6, 6.07) is 17.7. The first-order valence-electron chi connectivity index (χ1n) is 13.9. The van der Waals surface area contributed by atoms with E-state index in [0.717, 1.165) is 73.3 Å². The van der Waals surface area contributed by atoms with Crippen LogP contribution >= 0.6 is 11.8 Å². The molecule has 0 spiro atoms. The van der Waals surface area contributed by atoms with E-state index in [9.17, 15) is 9.90 Å². The molecule has 2 heterocycles. The number of thioether (sulfide) groups is 1. The molecule has 0 saturated carbocycles. The van der Waals surface area contributed by atoms with E-state index in [0.29, 0.717) is 11.5 Å². The largest absolute Gasteiger partial charge is 0.396 e. The zero-order valence-electron chi connectivity index (χ0n) is 24.1. The molecule has 1 aromatic heterocycles. The SMILES string of the molecule is CN(C)CCCN1CCN(C(=O)c2ccc(Nc3nccc(-c4ccc(SCC(C)(C)CO)cc4)n3)cc2)CC1. The summed E-state index contributed by atoms with van der Waals surface area (Å²) in [5, 5.41) is 12.7. The number of rotatable bonds is 12. The van der Waals surface area contributed by atoms with E-state index in [2.05, 4.69) is 72.3 Å². The molecule has 214 valence electrons. The maximum absolute atomic E-state index is 13.1. The molecular weight excluding hydrogens is 520 g/mol. The summed E-state index contributed by atoms with van der Waals surface area (Å²) in [7, 11) is 4.20. The molecule has 0 atom stereocenters. The van der Waals surface area contributed by atoms with E-state index < -0.39 is 0 Å². The van der Waals surface area contributed by atoms with Gasteiger partial charge in [-0.3, -0.25) is 9.69 Å². The minimum atomic E-state index is -0.108. The Balaban J connectivity index is 1.30. The van der Waals surface area contributed by atoms with Crippen LogP contribution in [0.5, 0.6) is 0 Å². The van der Waals surface area contributed by atoms with Gasteiger partial charge in [0.05, 0.1) is 5.69 Å². The molecule has 1 aliphatic rings. The number of carbonyl (C=O) groups is 1. The van der Waals surface area contributed by atoms with Crippen LogP contribution in [0.3, 0.4) is 0 Å². The van der Waals surface area contributed by atoms with E-state index in [-0.39, 0.29) is 17.9 Å². The number of hydrogen-bond acceptors (Lipinski definition) is 8. The first kappa shape index (κ1) is 30.0. The Morgan fingerprint density at radius 1 is 1.02 bits per heavy atom. The molecule has 1 saturated heterocycles. The molecule has 4 rings (SSSR count). The van der Waals surface area contributed by atoms with Crippen LogP contribution in [0.25, 0.3) is 11.3 Å². The number of aromatic nitrogens is 2. The van der Waals surface area contributed by atoms with Crippen LogP contribution in [0, 0.1) is 5.41 Å². The third-order valence-electron chi connectivity index (χ3n) is 6.99. The first-order chi connectivity index (χ1) is 19.2. The van der Waals surface area contributed by atoms with Gasteiger partial charge in [0.25, 0.3) is 5.91 Å². The highest BCUT2D eigenvalue weighted by molar-refractivity contribution is 7.99. The van der Waals surface area contributed by atoms with E-state index in [1.165, 1.54) is 0 Å². The number of amides is 1. The molecule has 2 aromatic carbocycles. The highest BCUT2D eigenvalue weighted by Crippen LogP contribution is 2.29. The van der Waals surface area contributed by atoms with Gasteiger partial charge in [0.15, 0.2) is 0 Å². The average molecular weight is 563 g/mol. The predicted octanol–water partition coefficient (Wildman–Crippen LogP) is 4.71. The van der Waals surface area contributed by atoms with Gasteiger partial charge in [-0.25, -0.2) is 9.97 Å². The van der Waals surface area contributed by atoms with Gasteiger partial charge in [0.1, 0.15) is 0 Å². The summed E-state index contributed by atoms with van der Waals surface area (Å²) in [6.07, 6.45) is 2.90. The fourth-order valence-corrected chi connectivity index (χ4v) is 5.40. The molecule has 8 nitrogen and oxygen atoms in total. The maximum atomic E-state index is 13.1. The van der Waals surface area contributed by atoms with Crippen LogP contribution < -0.4 is 5.32 Å². The molecule has 0 radical (unpaired) electrons. The van der Waals surface area contributed by atoms with Crippen molar-refractivity contribution in [3.05, 3.63) is 66.4 Å². The molecule has 1 aliphatic heterocycles. The van der Waals surface area contributed by atoms with Crippen molar-refractivity contribution < 1.29 is 9.90 Å². The lowest BCUT2D eigenvalue weighted by Crippen LogP contribution is -2.49. The van der Waals surface area contributed by atoms with Crippen LogP contribution in [-0.2, 0) is 0 Å². The number of nitrogens with zero attached hydrogens (tertiary/aromatic N) is 5. The van der Waals surface area contributed by atoms with Crippen LogP contribution in [0.15, 0.2) is 65.7 Å². The molecule has 1 amide bonds. The Morgan fingerprint density at radius 2 is 1.73 bits per heavy atom. The van der Waals surface area contributed by atoms with Gasteiger partial charge >= 0.3 is 0 Å². The Hall–Kier alpha value is -2.98. The molecule has 0 bridgehead atoms. The highest BCUT2D eigenvalue weighted by Gasteiger charge is 2.22. The highest BCUT2D eigenvalue weighted by atomic mass is 32.2. The van der Waals surface area contributed by atoms with Crippen molar-refractivity contribution in [2.24, 2.45) is 5.41 Å². The smallest absolute Gasteiger partial charge is 0.253 e. The number of hydrogen-bond donors (Lipinski definition) is 2. The summed E-state index contributed by atoms with van der Waals surface area (Å²) < 4.78 is 0. The second-order valence-corrected chi connectivity index (χ2v) is 12.4. The van der Waals surface area contributed by atoms with Crippen molar-refractivity contribution in [2.45, 2.75) is 25.2 Å². The van der Waals surface area contributed by atoms with Crippen LogP contribution in [0.4, 0.5) is 11.6 Å². The Labute approximate surface area is 242 Å². The molecule has 0 unspecified atom stereocenters. The minimum Gasteiger partial charge on any atom is -0.396 e. The van der Waals surface area contributed by atoms with Crippen molar-refractivity contribution in [1.29, 1.82) is 0 Å². The minimum absolute atomic E-state index is 0.0827. The van der Waals surface area contributed by atoms with Gasteiger partial charge < -0.3 is 20.2 Å². The van der Waals surface area contributed by atoms with Gasteiger partial charge in [0, 0.05) is 66.4 Å². The maximum Gasteiger partial charge on any atom is 0.253 e. The Morgan fingerprint density at radius 3 is 2.38 bits per heavy atom. The quantitative estimate of drug-likeness (QED) is 0.307. The molecule has 2 N–H and O–H groups in total. The zero-order valence-corrected chi connectivity index (χ0v) is 25.0. The monoisotopic (exact) mass is 562 g/mol. The standard InChI is InChI=1S/C31H42N6O2S/c1-31(2,22-38)23-40-27-12-8-24(9-13-27)28-14-15-32-30(34-28)33-26-10-6-25(7-11-26)29(39)37-20-18-36(19-21-37)17-5-16-35(3)4/h6-15,38H,5,16-23H2,1-4H3,(H,32,33,34). The van der Waals surface area contributed by atoms with Crippen LogP contribution in [0.2, 0.25) is 0 Å². The van der Waals surface area contributed by atoms with E-state index in [1.54, 1.807) is 18.0 Å². The molecular formula is C31H42N6O2S. The predicted molar refractivity (Wildman–Crippen MR) is 164 cm³/mol. The lowest BCUT2D eigenvalue weighted by Gasteiger charge is -2.35. The fraction of sp³-hybridized carbons (Fsp3) is 0.452. The summed E-state index contributed by atoms with van der Waals surface area (Å²) in [5.74, 6) is 1.44. The number of anilines is 2. The normalized spacial score (nSPS) is 14.5. The third-order valence-corrected chi connectivity index (χ3v) is 8.52. The van der Waals surface area contributed by atoms with Crippen molar-refractivity contribution in [3.63, 3.8) is 0 Å². The van der Waals surface area contributed by atoms with E-state index in [1.807, 2.05) is 35.2 Å². The first-order valence-corrected chi connectivity index (χ1v) is 14.9. The summed E-state index contributed by atoms with van der Waals surface area (Å²) in [4.78, 5) is 29.9. The lowest BCUT2D eigenvalue weighted by atomic mass is 9.98. The number of aliphatic hydroxyl groups excluding tert-OH is 1. The van der Waals surface area contributed by atoms with Gasteiger partial charge in [-0.15, -0.1) is 11.8 Å². The Kier molecular flexibility index (Phi) is 10.6. The van der Waals surface area contributed by atoms with Crippen molar-refractivity contribution in [3.8, 4) is 11.3 Å². The number of piperazine rings is 1. The summed E-state index contributed by atoms with van der Waals surface area (Å²) >= 11 is 1.74. The summed E-state index contributed by atoms with van der Waals surface area (Å²) in [6.45, 7) is 9.85. The number of aliphatic hydroxyl groups is 1. The van der Waals surface area contributed by atoms with Gasteiger partial charge in [-0.2, -0.15) is 0 Å². The van der Waals surface area contributed by atoms with Crippen molar-refractivity contribution in [1.82, 2.24) is 24.7 Å².